The third-order valence-corrected chi connectivity index (χ3v) is 8.91. The second kappa shape index (κ2) is 13.9. The van der Waals surface area contributed by atoms with Gasteiger partial charge in [-0.25, -0.2) is 0 Å². The highest BCUT2D eigenvalue weighted by Crippen LogP contribution is 2.59. The Kier molecular flexibility index (Phi) is 10.4. The molecule has 2 N–H and O–H groups in total. The fraction of sp³-hybridized carbons (Fsp3) is 0.576. The van der Waals surface area contributed by atoms with Gasteiger partial charge in [0.05, 0.1) is 37.1 Å². The third-order valence-electron chi connectivity index (χ3n) is 8.91. The number of rotatable bonds is 15. The average Bonchev–Trinajstić information content (AvgIpc) is 3.63. The zero-order chi connectivity index (χ0) is 31.3. The van der Waals surface area contributed by atoms with Gasteiger partial charge in [-0.3, -0.25) is 19.2 Å². The molecular formula is C33H45N3O7. The molecule has 0 aromatic heterocycles. The van der Waals surface area contributed by atoms with Crippen LogP contribution < -0.4 is 5.32 Å². The Morgan fingerprint density at radius 2 is 1.93 bits per heavy atom. The van der Waals surface area contributed by atoms with Crippen LogP contribution in [-0.4, -0.2) is 88.2 Å². The van der Waals surface area contributed by atoms with Crippen LogP contribution in [0.2, 0.25) is 0 Å². The molecule has 1 spiro atoms. The van der Waals surface area contributed by atoms with Crippen molar-refractivity contribution in [2.24, 2.45) is 17.8 Å². The summed E-state index contributed by atoms with van der Waals surface area (Å²) in [6.07, 6.45) is 3.88. The molecule has 3 fully saturated rings. The number of hydrogen-bond acceptors (Lipinski definition) is 7. The molecule has 0 unspecified atom stereocenters. The van der Waals surface area contributed by atoms with Crippen molar-refractivity contribution < 1.29 is 33.8 Å². The van der Waals surface area contributed by atoms with Crippen LogP contribution in [0.1, 0.15) is 52.0 Å². The Morgan fingerprint density at radius 3 is 2.56 bits per heavy atom. The lowest BCUT2D eigenvalue weighted by atomic mass is 9.70. The SMILES string of the molecule is C=CCCC(=O)NC[C@H](C)OC(=O)[C@@H]1[C@@H]2CC[C@]3(O2)[C@H](C(=O)N(CC=C)Cc2ccccc2)N([C@@H](CO)C(C)C)C(=O)[C@@H]13. The van der Waals surface area contributed by atoms with Crippen LogP contribution in [0.3, 0.4) is 0 Å². The zero-order valence-corrected chi connectivity index (χ0v) is 25.4. The minimum absolute atomic E-state index is 0.132. The van der Waals surface area contributed by atoms with E-state index in [0.717, 1.165) is 5.56 Å². The van der Waals surface area contributed by atoms with E-state index < -0.39 is 47.7 Å². The second-order valence-corrected chi connectivity index (χ2v) is 12.2. The standard InChI is InChI=1S/C33H45N3O7/c1-6-8-14-26(38)34-18-22(5)42-32(41)27-25-15-16-33(43-25)28(27)30(39)36(24(20-37)21(3)4)29(33)31(40)35(17-7-2)19-23-12-10-9-11-13-23/h6-7,9-13,21-22,24-25,27-29,37H,1-2,8,14-20H2,3-5H3,(H,34,38)/t22-,24-,25-,27+,28+,29-,33+/m0/s1. The summed E-state index contributed by atoms with van der Waals surface area (Å²) < 4.78 is 12.3. The Hall–Kier alpha value is -3.50. The van der Waals surface area contributed by atoms with Gasteiger partial charge in [0.15, 0.2) is 0 Å². The number of nitrogens with one attached hydrogen (secondary N) is 1. The average molecular weight is 596 g/mol. The predicted octanol–water partition coefficient (Wildman–Crippen LogP) is 2.61. The van der Waals surface area contributed by atoms with E-state index in [-0.39, 0.29) is 43.3 Å². The number of ether oxygens (including phenoxy) is 2. The second-order valence-electron chi connectivity index (χ2n) is 12.2. The van der Waals surface area contributed by atoms with E-state index in [0.29, 0.717) is 32.2 Å². The van der Waals surface area contributed by atoms with Gasteiger partial charge in [-0.05, 0) is 37.7 Å². The van der Waals surface area contributed by atoms with Crippen LogP contribution in [-0.2, 0) is 35.2 Å². The van der Waals surface area contributed by atoms with Gasteiger partial charge in [0.1, 0.15) is 17.7 Å². The molecule has 0 radical (unpaired) electrons. The summed E-state index contributed by atoms with van der Waals surface area (Å²) >= 11 is 0. The van der Waals surface area contributed by atoms with Gasteiger partial charge in [0, 0.05) is 19.5 Å². The first-order valence-corrected chi connectivity index (χ1v) is 15.2. The first-order valence-electron chi connectivity index (χ1n) is 15.2. The van der Waals surface area contributed by atoms with Crippen molar-refractivity contribution in [2.45, 2.75) is 82.9 Å². The number of likely N-dealkylation sites (tertiary alicyclic amines) is 1. The van der Waals surface area contributed by atoms with Gasteiger partial charge in [-0.15, -0.1) is 13.2 Å². The number of aliphatic hydroxyl groups excluding tert-OH is 1. The van der Waals surface area contributed by atoms with Gasteiger partial charge >= 0.3 is 5.97 Å². The molecule has 1 aromatic rings. The van der Waals surface area contributed by atoms with Crippen molar-refractivity contribution in [2.75, 3.05) is 19.7 Å². The summed E-state index contributed by atoms with van der Waals surface area (Å²) in [5.41, 5.74) is -0.294. The summed E-state index contributed by atoms with van der Waals surface area (Å²) in [7, 11) is 0. The fourth-order valence-corrected chi connectivity index (χ4v) is 6.88. The molecule has 3 aliphatic rings. The topological polar surface area (TPSA) is 125 Å². The van der Waals surface area contributed by atoms with Gasteiger partial charge in [-0.2, -0.15) is 0 Å². The van der Waals surface area contributed by atoms with Crippen LogP contribution in [0.25, 0.3) is 0 Å². The summed E-state index contributed by atoms with van der Waals surface area (Å²) in [5, 5.41) is 13.2. The lowest BCUT2D eigenvalue weighted by molar-refractivity contribution is -0.160. The van der Waals surface area contributed by atoms with Crippen molar-refractivity contribution in [3.8, 4) is 0 Å². The van der Waals surface area contributed by atoms with Crippen LogP contribution in [0.15, 0.2) is 55.6 Å². The lowest BCUT2D eigenvalue weighted by Gasteiger charge is -2.40. The highest BCUT2D eigenvalue weighted by Gasteiger charge is 2.75. The minimum atomic E-state index is -1.22. The molecule has 3 heterocycles. The number of esters is 1. The highest BCUT2D eigenvalue weighted by atomic mass is 16.6. The van der Waals surface area contributed by atoms with E-state index in [4.69, 9.17) is 9.47 Å². The molecule has 10 nitrogen and oxygen atoms in total. The summed E-state index contributed by atoms with van der Waals surface area (Å²) in [6, 6.07) is 7.90. The predicted molar refractivity (Wildman–Crippen MR) is 160 cm³/mol. The van der Waals surface area contributed by atoms with Crippen LogP contribution >= 0.6 is 0 Å². The highest BCUT2D eigenvalue weighted by molar-refractivity contribution is 5.98. The molecule has 10 heteroatoms. The van der Waals surface area contributed by atoms with Crippen molar-refractivity contribution in [1.29, 1.82) is 0 Å². The van der Waals surface area contributed by atoms with E-state index in [9.17, 15) is 24.3 Å². The maximum absolute atomic E-state index is 14.5. The van der Waals surface area contributed by atoms with Crippen LogP contribution in [0.5, 0.6) is 0 Å². The monoisotopic (exact) mass is 595 g/mol. The normalized spacial score (nSPS) is 27.0. The summed E-state index contributed by atoms with van der Waals surface area (Å²) in [5.74, 6) is -3.40. The number of hydrogen-bond donors (Lipinski definition) is 2. The molecule has 0 aliphatic carbocycles. The van der Waals surface area contributed by atoms with Gasteiger partial charge in [-0.1, -0.05) is 56.3 Å². The molecule has 2 bridgehead atoms. The molecule has 3 amide bonds. The fourth-order valence-electron chi connectivity index (χ4n) is 6.88. The number of allylic oxidation sites excluding steroid dienone is 1. The zero-order valence-electron chi connectivity index (χ0n) is 25.4. The quantitative estimate of drug-likeness (QED) is 0.236. The first-order chi connectivity index (χ1) is 20.6. The Labute approximate surface area is 254 Å². The Balaban J connectivity index is 1.62. The molecule has 0 saturated carbocycles. The molecule has 7 atom stereocenters. The molecule has 43 heavy (non-hydrogen) atoms. The van der Waals surface area contributed by atoms with E-state index in [2.05, 4.69) is 18.5 Å². The lowest BCUT2D eigenvalue weighted by Crippen LogP contribution is -2.59. The molecule has 1 aromatic carbocycles. The van der Waals surface area contributed by atoms with E-state index >= 15 is 0 Å². The first kappa shape index (κ1) is 32.4. The number of nitrogens with zero attached hydrogens (tertiary/aromatic N) is 2. The number of benzene rings is 1. The van der Waals surface area contributed by atoms with Crippen LogP contribution in [0.4, 0.5) is 0 Å². The number of amides is 3. The Morgan fingerprint density at radius 1 is 1.21 bits per heavy atom. The Bertz CT molecular complexity index is 1200. The van der Waals surface area contributed by atoms with Gasteiger partial charge < -0.3 is 29.7 Å². The summed E-state index contributed by atoms with van der Waals surface area (Å²) in [4.78, 5) is 57.6. The molecule has 3 saturated heterocycles. The summed E-state index contributed by atoms with van der Waals surface area (Å²) in [6.45, 7) is 13.3. The van der Waals surface area contributed by atoms with Crippen molar-refractivity contribution >= 4 is 23.7 Å². The maximum atomic E-state index is 14.5. The van der Waals surface area contributed by atoms with Crippen molar-refractivity contribution in [1.82, 2.24) is 15.1 Å². The third kappa shape index (κ3) is 6.40. The van der Waals surface area contributed by atoms with Crippen molar-refractivity contribution in [3.63, 3.8) is 0 Å². The van der Waals surface area contributed by atoms with Gasteiger partial charge in [0.2, 0.25) is 17.7 Å². The number of carbonyl (C=O) groups is 4. The van der Waals surface area contributed by atoms with Crippen LogP contribution in [0, 0.1) is 17.8 Å². The minimum Gasteiger partial charge on any atom is -0.460 e. The number of fused-ring (bicyclic) bond motifs is 1. The molecule has 4 rings (SSSR count). The number of carbonyl (C=O) groups excluding carboxylic acids is 4. The van der Waals surface area contributed by atoms with Crippen molar-refractivity contribution in [3.05, 3.63) is 61.2 Å². The largest absolute Gasteiger partial charge is 0.460 e. The van der Waals surface area contributed by atoms with Gasteiger partial charge in [0.25, 0.3) is 0 Å². The number of aliphatic hydroxyl groups is 1. The maximum Gasteiger partial charge on any atom is 0.312 e. The molecule has 234 valence electrons. The van der Waals surface area contributed by atoms with E-state index in [1.807, 2.05) is 44.2 Å². The molecular weight excluding hydrogens is 550 g/mol. The van der Waals surface area contributed by atoms with E-state index in [1.165, 1.54) is 4.90 Å². The smallest absolute Gasteiger partial charge is 0.312 e. The van der Waals surface area contributed by atoms with E-state index in [1.54, 1.807) is 24.0 Å². The molecule has 3 aliphatic heterocycles.